The Labute approximate surface area is 158 Å². The van der Waals surface area contributed by atoms with Gasteiger partial charge in [0.1, 0.15) is 12.2 Å². The van der Waals surface area contributed by atoms with Crippen LogP contribution >= 0.6 is 23.1 Å². The molecule has 1 atom stereocenters. The van der Waals surface area contributed by atoms with Gasteiger partial charge in [-0.1, -0.05) is 30.0 Å². The Morgan fingerprint density at radius 1 is 1.27 bits per heavy atom. The highest BCUT2D eigenvalue weighted by Crippen LogP contribution is 2.31. The lowest BCUT2D eigenvalue weighted by molar-refractivity contribution is 0.636. The molecule has 0 aliphatic rings. The molecule has 132 valence electrons. The van der Waals surface area contributed by atoms with Crippen molar-refractivity contribution in [3.8, 4) is 0 Å². The number of thioether (sulfide) groups is 1. The van der Waals surface area contributed by atoms with Crippen LogP contribution < -0.4 is 5.56 Å². The molecule has 0 fully saturated rings. The number of aromatic nitrogens is 5. The number of hydrogen-bond donors (Lipinski definition) is 1. The number of benzene rings is 1. The lowest BCUT2D eigenvalue weighted by Crippen LogP contribution is -2.13. The topological polar surface area (TPSA) is 76.5 Å². The van der Waals surface area contributed by atoms with Gasteiger partial charge in [0.2, 0.25) is 0 Å². The number of rotatable bonds is 6. The molecule has 4 rings (SSSR count). The Balaban J connectivity index is 1.53. The second-order valence-corrected chi connectivity index (χ2v) is 8.20. The van der Waals surface area contributed by atoms with Crippen molar-refractivity contribution < 1.29 is 0 Å². The molecule has 0 spiro atoms. The average molecular weight is 384 g/mol. The van der Waals surface area contributed by atoms with Crippen LogP contribution in [0.4, 0.5) is 0 Å². The minimum atomic E-state index is -0.114. The van der Waals surface area contributed by atoms with Crippen LogP contribution in [0.2, 0.25) is 0 Å². The number of hydrogen-bond acceptors (Lipinski definition) is 6. The third-order valence-electron chi connectivity index (χ3n) is 4.06. The molecular weight excluding hydrogens is 366 g/mol. The van der Waals surface area contributed by atoms with Gasteiger partial charge in [-0.05, 0) is 36.9 Å². The van der Waals surface area contributed by atoms with Crippen LogP contribution in [0.25, 0.3) is 10.9 Å². The molecule has 6 nitrogen and oxygen atoms in total. The Kier molecular flexibility index (Phi) is 4.85. The Morgan fingerprint density at radius 2 is 2.15 bits per heavy atom. The summed E-state index contributed by atoms with van der Waals surface area (Å²) in [5.74, 6) is 0.645. The minimum Gasteiger partial charge on any atom is -0.309 e. The number of nitrogens with one attached hydrogen (secondary N) is 1. The molecular formula is C18H17N5OS2. The number of fused-ring (bicyclic) bond motifs is 1. The lowest BCUT2D eigenvalue weighted by Gasteiger charge is -2.11. The second kappa shape index (κ2) is 7.43. The van der Waals surface area contributed by atoms with E-state index in [9.17, 15) is 4.79 Å². The van der Waals surface area contributed by atoms with E-state index < -0.39 is 0 Å². The van der Waals surface area contributed by atoms with Gasteiger partial charge in [0.05, 0.1) is 16.2 Å². The first kappa shape index (κ1) is 17.0. The van der Waals surface area contributed by atoms with Crippen molar-refractivity contribution in [3.63, 3.8) is 0 Å². The summed E-state index contributed by atoms with van der Waals surface area (Å²) in [6, 6.07) is 11.6. The molecule has 4 aromatic rings. The number of nitrogens with zero attached hydrogens (tertiary/aromatic N) is 4. The van der Waals surface area contributed by atoms with Crippen LogP contribution in [-0.4, -0.2) is 24.7 Å². The molecule has 3 heterocycles. The maximum absolute atomic E-state index is 12.3. The van der Waals surface area contributed by atoms with Gasteiger partial charge in [0.25, 0.3) is 5.56 Å². The first-order chi connectivity index (χ1) is 12.7. The van der Waals surface area contributed by atoms with Gasteiger partial charge in [-0.3, -0.25) is 4.79 Å². The van der Waals surface area contributed by atoms with Gasteiger partial charge in [0.15, 0.2) is 5.16 Å². The van der Waals surface area contributed by atoms with Crippen molar-refractivity contribution in [2.75, 3.05) is 0 Å². The predicted molar refractivity (Wildman–Crippen MR) is 105 cm³/mol. The number of aryl methyl sites for hydroxylation is 2. The summed E-state index contributed by atoms with van der Waals surface area (Å²) < 4.78 is 2.04. The highest BCUT2D eigenvalue weighted by atomic mass is 32.2. The molecule has 0 amide bonds. The number of thiophene rings is 1. The SMILES string of the molecule is CC(Sc1nncn1CCc1cccs1)c1nc2ccccc2c(=O)[nH]1. The summed E-state index contributed by atoms with van der Waals surface area (Å²) >= 11 is 3.30. The van der Waals surface area contributed by atoms with E-state index in [1.165, 1.54) is 4.88 Å². The van der Waals surface area contributed by atoms with Crippen molar-refractivity contribution >= 4 is 34.0 Å². The molecule has 0 bridgehead atoms. The average Bonchev–Trinajstić information content (AvgIpc) is 3.31. The number of H-pyrrole nitrogens is 1. The third-order valence-corrected chi connectivity index (χ3v) is 6.10. The normalized spacial score (nSPS) is 12.5. The van der Waals surface area contributed by atoms with Gasteiger partial charge in [-0.25, -0.2) is 4.98 Å². The van der Waals surface area contributed by atoms with Gasteiger partial charge >= 0.3 is 0 Å². The van der Waals surface area contributed by atoms with Crippen LogP contribution in [0, 0.1) is 0 Å². The smallest absolute Gasteiger partial charge is 0.258 e. The fourth-order valence-corrected chi connectivity index (χ4v) is 4.29. The van der Waals surface area contributed by atoms with Crippen molar-refractivity contribution in [3.05, 3.63) is 69.2 Å². The van der Waals surface area contributed by atoms with E-state index in [0.717, 1.165) is 18.1 Å². The summed E-state index contributed by atoms with van der Waals surface area (Å²) in [6.07, 6.45) is 2.70. The van der Waals surface area contributed by atoms with E-state index in [4.69, 9.17) is 0 Å². The standard InChI is InChI=1S/C18H17N5OS2/c1-12(16-20-15-7-3-2-6-14(15)17(24)21-16)26-18-22-19-11-23(18)9-8-13-5-4-10-25-13/h2-7,10-12H,8-9H2,1H3,(H,20,21,24). The second-order valence-electron chi connectivity index (χ2n) is 5.86. The van der Waals surface area contributed by atoms with E-state index in [1.54, 1.807) is 35.5 Å². The maximum atomic E-state index is 12.3. The first-order valence-corrected chi connectivity index (χ1v) is 10.0. The van der Waals surface area contributed by atoms with E-state index >= 15 is 0 Å². The van der Waals surface area contributed by atoms with Crippen molar-refractivity contribution in [1.29, 1.82) is 0 Å². The van der Waals surface area contributed by atoms with E-state index in [0.29, 0.717) is 16.7 Å². The minimum absolute atomic E-state index is 0.0445. The summed E-state index contributed by atoms with van der Waals surface area (Å²) in [5.41, 5.74) is 0.593. The zero-order valence-electron chi connectivity index (χ0n) is 14.1. The highest BCUT2D eigenvalue weighted by molar-refractivity contribution is 7.99. The lowest BCUT2D eigenvalue weighted by atomic mass is 10.2. The number of para-hydroxylation sites is 1. The predicted octanol–water partition coefficient (Wildman–Crippen LogP) is 3.67. The van der Waals surface area contributed by atoms with Crippen LogP contribution in [0.3, 0.4) is 0 Å². The van der Waals surface area contributed by atoms with E-state index in [1.807, 2.05) is 29.7 Å². The van der Waals surface area contributed by atoms with Crippen LogP contribution in [0.15, 0.2) is 58.1 Å². The van der Waals surface area contributed by atoms with Gasteiger partial charge in [0, 0.05) is 11.4 Å². The molecule has 26 heavy (non-hydrogen) atoms. The molecule has 0 radical (unpaired) electrons. The van der Waals surface area contributed by atoms with E-state index in [-0.39, 0.29) is 10.8 Å². The summed E-state index contributed by atoms with van der Waals surface area (Å²) in [7, 11) is 0. The quantitative estimate of drug-likeness (QED) is 0.514. The van der Waals surface area contributed by atoms with Crippen molar-refractivity contribution in [1.82, 2.24) is 24.7 Å². The van der Waals surface area contributed by atoms with Crippen LogP contribution in [0.1, 0.15) is 22.9 Å². The molecule has 0 saturated heterocycles. The van der Waals surface area contributed by atoms with Crippen LogP contribution in [-0.2, 0) is 13.0 Å². The van der Waals surface area contributed by atoms with Gasteiger partial charge < -0.3 is 9.55 Å². The Morgan fingerprint density at radius 3 is 3.00 bits per heavy atom. The monoisotopic (exact) mass is 383 g/mol. The molecule has 3 aromatic heterocycles. The summed E-state index contributed by atoms with van der Waals surface area (Å²) in [4.78, 5) is 21.1. The van der Waals surface area contributed by atoms with Crippen molar-refractivity contribution in [2.45, 2.75) is 30.3 Å². The van der Waals surface area contributed by atoms with Crippen LogP contribution in [0.5, 0.6) is 0 Å². The summed E-state index contributed by atoms with van der Waals surface area (Å²) in [5, 5.41) is 11.7. The third kappa shape index (κ3) is 3.56. The molecule has 0 aliphatic heterocycles. The molecule has 0 aliphatic carbocycles. The molecule has 8 heteroatoms. The molecule has 1 N–H and O–H groups in total. The first-order valence-electron chi connectivity index (χ1n) is 8.26. The zero-order valence-corrected chi connectivity index (χ0v) is 15.8. The molecule has 0 saturated carbocycles. The fraction of sp³-hybridized carbons (Fsp3) is 0.222. The Bertz CT molecular complexity index is 1070. The summed E-state index contributed by atoms with van der Waals surface area (Å²) in [6.45, 7) is 2.83. The van der Waals surface area contributed by atoms with E-state index in [2.05, 4.69) is 37.7 Å². The highest BCUT2D eigenvalue weighted by Gasteiger charge is 2.16. The van der Waals surface area contributed by atoms with Gasteiger partial charge in [-0.2, -0.15) is 0 Å². The largest absolute Gasteiger partial charge is 0.309 e. The maximum Gasteiger partial charge on any atom is 0.258 e. The Hall–Kier alpha value is -2.45. The zero-order chi connectivity index (χ0) is 17.9. The molecule has 1 aromatic carbocycles. The van der Waals surface area contributed by atoms with Crippen molar-refractivity contribution in [2.24, 2.45) is 0 Å². The number of aromatic amines is 1. The molecule has 1 unspecified atom stereocenters. The fourth-order valence-electron chi connectivity index (χ4n) is 2.69. The van der Waals surface area contributed by atoms with Gasteiger partial charge in [-0.15, -0.1) is 21.5 Å².